The van der Waals surface area contributed by atoms with E-state index in [0.29, 0.717) is 17.1 Å². The van der Waals surface area contributed by atoms with E-state index >= 15 is 0 Å². The first-order valence-electron chi connectivity index (χ1n) is 9.58. The van der Waals surface area contributed by atoms with Crippen molar-refractivity contribution in [3.63, 3.8) is 0 Å². The van der Waals surface area contributed by atoms with Crippen molar-refractivity contribution >= 4 is 33.2 Å². The fourth-order valence-corrected chi connectivity index (χ4v) is 4.69. The molecule has 0 heterocycles. The van der Waals surface area contributed by atoms with Crippen molar-refractivity contribution in [2.75, 3.05) is 10.6 Å². The maximum atomic E-state index is 13.0. The highest BCUT2D eigenvalue weighted by molar-refractivity contribution is 7.92. The molecule has 5 nitrogen and oxygen atoms in total. The van der Waals surface area contributed by atoms with Crippen molar-refractivity contribution in [3.05, 3.63) is 63.7 Å². The maximum absolute atomic E-state index is 13.0. The second-order valence-electron chi connectivity index (χ2n) is 7.48. The number of aryl methyl sites for hydroxylation is 3. The van der Waals surface area contributed by atoms with Crippen LogP contribution in [-0.2, 0) is 14.8 Å². The molecule has 0 radical (unpaired) electrons. The van der Waals surface area contributed by atoms with E-state index in [2.05, 4.69) is 11.4 Å². The van der Waals surface area contributed by atoms with Crippen LogP contribution in [0.3, 0.4) is 0 Å². The van der Waals surface area contributed by atoms with Gasteiger partial charge in [0.1, 0.15) is 6.04 Å². The molecule has 0 saturated carbocycles. The number of nitrogens with one attached hydrogen (secondary N) is 1. The van der Waals surface area contributed by atoms with Gasteiger partial charge in [0, 0.05) is 5.02 Å². The molecule has 1 N–H and O–H groups in total. The van der Waals surface area contributed by atoms with E-state index < -0.39 is 16.1 Å². The van der Waals surface area contributed by atoms with Crippen LogP contribution >= 0.6 is 11.6 Å². The summed E-state index contributed by atoms with van der Waals surface area (Å²) in [5.74, 6) is -0.361. The summed E-state index contributed by atoms with van der Waals surface area (Å²) in [5.41, 5.74) is 4.46. The first-order chi connectivity index (χ1) is 13.5. The summed E-state index contributed by atoms with van der Waals surface area (Å²) >= 11 is 6.09. The summed E-state index contributed by atoms with van der Waals surface area (Å²) in [7, 11) is -3.71. The van der Waals surface area contributed by atoms with Crippen molar-refractivity contribution < 1.29 is 13.2 Å². The predicted octanol–water partition coefficient (Wildman–Crippen LogP) is 4.69. The number of amides is 1. The molecule has 0 saturated heterocycles. The molecule has 2 atom stereocenters. The van der Waals surface area contributed by atoms with Gasteiger partial charge in [0.15, 0.2) is 0 Å². The van der Waals surface area contributed by atoms with Gasteiger partial charge in [0.2, 0.25) is 15.9 Å². The Hall–Kier alpha value is -2.05. The van der Waals surface area contributed by atoms with Crippen molar-refractivity contribution in [1.82, 2.24) is 5.32 Å². The highest BCUT2D eigenvalue weighted by Gasteiger charge is 2.31. The third-order valence-electron chi connectivity index (χ3n) is 5.16. The van der Waals surface area contributed by atoms with E-state index in [9.17, 15) is 13.2 Å². The van der Waals surface area contributed by atoms with E-state index in [0.717, 1.165) is 27.3 Å². The van der Waals surface area contributed by atoms with Crippen LogP contribution in [0.4, 0.5) is 5.69 Å². The summed E-state index contributed by atoms with van der Waals surface area (Å²) in [4.78, 5) is 13.0. The minimum absolute atomic E-state index is 0.203. The average Bonchev–Trinajstić information content (AvgIpc) is 2.63. The zero-order chi connectivity index (χ0) is 21.9. The number of carbonyl (C=O) groups is 1. The van der Waals surface area contributed by atoms with Crippen LogP contribution in [0.2, 0.25) is 5.02 Å². The molecule has 0 bridgehead atoms. The zero-order valence-electron chi connectivity index (χ0n) is 17.8. The summed E-state index contributed by atoms with van der Waals surface area (Å²) in [6.45, 7) is 9.43. The lowest BCUT2D eigenvalue weighted by atomic mass is 9.99. The third-order valence-corrected chi connectivity index (χ3v) is 6.62. The highest BCUT2D eigenvalue weighted by Crippen LogP contribution is 2.29. The second-order valence-corrected chi connectivity index (χ2v) is 9.77. The molecule has 0 aliphatic rings. The van der Waals surface area contributed by atoms with Crippen molar-refractivity contribution in [2.45, 2.75) is 53.1 Å². The van der Waals surface area contributed by atoms with Gasteiger partial charge in [-0.05, 0) is 68.5 Å². The molecule has 0 spiro atoms. The highest BCUT2D eigenvalue weighted by atomic mass is 35.5. The molecule has 2 aromatic carbocycles. The molecule has 0 aromatic heterocycles. The lowest BCUT2D eigenvalue weighted by Crippen LogP contribution is -2.48. The number of anilines is 1. The summed E-state index contributed by atoms with van der Waals surface area (Å²) in [6.07, 6.45) is 1.79. The number of halogens is 1. The first-order valence-corrected chi connectivity index (χ1v) is 11.8. The largest absolute Gasteiger partial charge is 0.347 e. The average molecular weight is 437 g/mol. The molecular weight excluding hydrogens is 408 g/mol. The van der Waals surface area contributed by atoms with Gasteiger partial charge < -0.3 is 5.32 Å². The van der Waals surface area contributed by atoms with Crippen LogP contribution in [0.15, 0.2) is 36.4 Å². The molecule has 0 aliphatic carbocycles. The zero-order valence-corrected chi connectivity index (χ0v) is 19.4. The normalized spacial score (nSPS) is 13.6. The number of benzene rings is 2. The Morgan fingerprint density at radius 2 is 1.69 bits per heavy atom. The number of rotatable bonds is 7. The van der Waals surface area contributed by atoms with Crippen LogP contribution in [0.25, 0.3) is 0 Å². The quantitative estimate of drug-likeness (QED) is 0.684. The fourth-order valence-electron chi connectivity index (χ4n) is 3.30. The SMILES string of the molecule is CC[C@H](NC(=O)[C@@H](C)N(c1cc(Cl)ccc1C)S(C)(=O)=O)c1ccc(C)c(C)c1. The monoisotopic (exact) mass is 436 g/mol. The van der Waals surface area contributed by atoms with E-state index in [1.54, 1.807) is 32.0 Å². The Kier molecular flexibility index (Phi) is 7.35. The smallest absolute Gasteiger partial charge is 0.244 e. The van der Waals surface area contributed by atoms with Gasteiger partial charge in [0.25, 0.3) is 0 Å². The molecule has 7 heteroatoms. The lowest BCUT2D eigenvalue weighted by Gasteiger charge is -2.31. The Bertz CT molecular complexity index is 1010. The summed E-state index contributed by atoms with van der Waals surface area (Å²) in [5, 5.41) is 3.42. The summed E-state index contributed by atoms with van der Waals surface area (Å²) < 4.78 is 26.2. The van der Waals surface area contributed by atoms with E-state index in [1.165, 1.54) is 5.56 Å². The number of nitrogens with zero attached hydrogens (tertiary/aromatic N) is 1. The van der Waals surface area contributed by atoms with Crippen LogP contribution in [0.1, 0.15) is 48.6 Å². The van der Waals surface area contributed by atoms with Gasteiger partial charge >= 0.3 is 0 Å². The fraction of sp³-hybridized carbons (Fsp3) is 0.409. The van der Waals surface area contributed by atoms with Crippen molar-refractivity contribution in [2.24, 2.45) is 0 Å². The molecule has 0 fully saturated rings. The molecule has 29 heavy (non-hydrogen) atoms. The predicted molar refractivity (Wildman–Crippen MR) is 120 cm³/mol. The number of hydrogen-bond acceptors (Lipinski definition) is 3. The third kappa shape index (κ3) is 5.52. The molecule has 0 unspecified atom stereocenters. The Balaban J connectivity index is 2.35. The van der Waals surface area contributed by atoms with Gasteiger partial charge in [-0.1, -0.05) is 42.8 Å². The maximum Gasteiger partial charge on any atom is 0.244 e. The first kappa shape index (κ1) is 23.2. The Morgan fingerprint density at radius 3 is 2.24 bits per heavy atom. The molecular formula is C22H29ClN2O3S. The van der Waals surface area contributed by atoms with Crippen molar-refractivity contribution in [3.8, 4) is 0 Å². The lowest BCUT2D eigenvalue weighted by molar-refractivity contribution is -0.122. The van der Waals surface area contributed by atoms with Gasteiger partial charge in [-0.3, -0.25) is 9.10 Å². The van der Waals surface area contributed by atoms with E-state index in [4.69, 9.17) is 11.6 Å². The van der Waals surface area contributed by atoms with Crippen LogP contribution < -0.4 is 9.62 Å². The molecule has 1 amide bonds. The Morgan fingerprint density at radius 1 is 1.07 bits per heavy atom. The summed E-state index contributed by atoms with van der Waals surface area (Å²) in [6, 6.07) is 9.96. The molecule has 158 valence electrons. The number of hydrogen-bond donors (Lipinski definition) is 1. The van der Waals surface area contributed by atoms with E-state index in [-0.39, 0.29) is 11.9 Å². The van der Waals surface area contributed by atoms with Crippen LogP contribution in [0, 0.1) is 20.8 Å². The second kappa shape index (κ2) is 9.18. The van der Waals surface area contributed by atoms with Gasteiger partial charge in [-0.25, -0.2) is 8.42 Å². The van der Waals surface area contributed by atoms with Gasteiger partial charge in [-0.15, -0.1) is 0 Å². The molecule has 2 aromatic rings. The Labute approximate surface area is 179 Å². The van der Waals surface area contributed by atoms with Gasteiger partial charge in [-0.2, -0.15) is 0 Å². The molecule has 0 aliphatic heterocycles. The standard InChI is InChI=1S/C22H29ClN2O3S/c1-7-20(18-10-8-14(2)16(4)12-18)24-22(26)17(5)25(29(6,27)28)21-13-19(23)11-9-15(21)3/h8-13,17,20H,7H2,1-6H3,(H,24,26)/t17-,20+/m1/s1. The van der Waals surface area contributed by atoms with Crippen LogP contribution in [-0.4, -0.2) is 26.6 Å². The minimum atomic E-state index is -3.71. The van der Waals surface area contributed by atoms with Gasteiger partial charge in [0.05, 0.1) is 18.0 Å². The van der Waals surface area contributed by atoms with E-state index in [1.807, 2.05) is 32.9 Å². The topological polar surface area (TPSA) is 66.5 Å². The number of carbonyl (C=O) groups excluding carboxylic acids is 1. The van der Waals surface area contributed by atoms with Crippen molar-refractivity contribution in [1.29, 1.82) is 0 Å². The molecule has 2 rings (SSSR count). The number of sulfonamides is 1. The minimum Gasteiger partial charge on any atom is -0.347 e. The van der Waals surface area contributed by atoms with Crippen LogP contribution in [0.5, 0.6) is 0 Å².